The number of hydrogen-bond acceptors (Lipinski definition) is 2. The summed E-state index contributed by atoms with van der Waals surface area (Å²) in [5.41, 5.74) is 3.36. The monoisotopic (exact) mass is 212 g/mol. The third-order valence-corrected chi connectivity index (χ3v) is 2.51. The summed E-state index contributed by atoms with van der Waals surface area (Å²) in [6.07, 6.45) is 0.848. The Morgan fingerprint density at radius 1 is 1.06 bits per heavy atom. The smallest absolute Gasteiger partial charge is 0.150 e. The van der Waals surface area contributed by atoms with Gasteiger partial charge in [0.25, 0.3) is 0 Å². The average Bonchev–Trinajstić information content (AvgIpc) is 2.38. The van der Waals surface area contributed by atoms with Crippen LogP contribution in [-0.2, 0) is 6.61 Å². The molecule has 2 aromatic rings. The molecule has 0 aliphatic carbocycles. The molecular weight excluding hydrogens is 200 g/mol. The van der Waals surface area contributed by atoms with Gasteiger partial charge in [0.05, 0.1) is 6.61 Å². The van der Waals surface area contributed by atoms with Crippen molar-refractivity contribution in [2.75, 3.05) is 0 Å². The molecule has 0 spiro atoms. The molecule has 0 fully saturated rings. The van der Waals surface area contributed by atoms with Crippen molar-refractivity contribution in [3.05, 3.63) is 59.7 Å². The molecule has 1 N–H and O–H groups in total. The number of carbonyl (C=O) groups is 1. The summed E-state index contributed by atoms with van der Waals surface area (Å²) in [6.45, 7) is 0.0110. The van der Waals surface area contributed by atoms with Crippen LogP contribution in [0, 0.1) is 0 Å². The van der Waals surface area contributed by atoms with Crippen LogP contribution < -0.4 is 0 Å². The number of carbonyl (C=O) groups excluding carboxylic acids is 1. The van der Waals surface area contributed by atoms with E-state index < -0.39 is 0 Å². The summed E-state index contributed by atoms with van der Waals surface area (Å²) in [5.74, 6) is 0. The first-order chi connectivity index (χ1) is 7.85. The maximum atomic E-state index is 10.9. The molecule has 2 rings (SSSR count). The highest BCUT2D eigenvalue weighted by atomic mass is 16.3. The molecule has 80 valence electrons. The number of hydrogen-bond donors (Lipinski definition) is 1. The minimum absolute atomic E-state index is 0.0110. The first kappa shape index (κ1) is 10.6. The largest absolute Gasteiger partial charge is 0.392 e. The molecule has 0 heterocycles. The minimum atomic E-state index is 0.0110. The van der Waals surface area contributed by atoms with Gasteiger partial charge in [0, 0.05) is 5.56 Å². The van der Waals surface area contributed by atoms with Crippen molar-refractivity contribution in [3.8, 4) is 11.1 Å². The quantitative estimate of drug-likeness (QED) is 0.794. The number of aldehydes is 1. The minimum Gasteiger partial charge on any atom is -0.392 e. The van der Waals surface area contributed by atoms with Crippen LogP contribution in [0.3, 0.4) is 0 Å². The fourth-order valence-electron chi connectivity index (χ4n) is 1.70. The predicted octanol–water partition coefficient (Wildman–Crippen LogP) is 2.66. The van der Waals surface area contributed by atoms with Gasteiger partial charge in [0.2, 0.25) is 0 Å². The highest BCUT2D eigenvalue weighted by molar-refractivity contribution is 5.87. The molecule has 0 atom stereocenters. The molecule has 0 amide bonds. The lowest BCUT2D eigenvalue weighted by molar-refractivity contribution is 0.112. The molecule has 0 bridgehead atoms. The van der Waals surface area contributed by atoms with Crippen LogP contribution in [0.15, 0.2) is 48.5 Å². The van der Waals surface area contributed by atoms with E-state index in [-0.39, 0.29) is 6.61 Å². The van der Waals surface area contributed by atoms with Gasteiger partial charge in [-0.25, -0.2) is 0 Å². The van der Waals surface area contributed by atoms with Gasteiger partial charge in [-0.05, 0) is 22.8 Å². The molecule has 16 heavy (non-hydrogen) atoms. The molecule has 0 aliphatic heterocycles. The molecule has 2 aromatic carbocycles. The SMILES string of the molecule is O=Cc1ccccc1-c1cccc(CO)c1. The zero-order valence-corrected chi connectivity index (χ0v) is 8.76. The second-order valence-electron chi connectivity index (χ2n) is 3.56. The Labute approximate surface area is 94.2 Å². The van der Waals surface area contributed by atoms with Crippen molar-refractivity contribution in [3.63, 3.8) is 0 Å². The third kappa shape index (κ3) is 2.02. The van der Waals surface area contributed by atoms with Crippen molar-refractivity contribution in [1.82, 2.24) is 0 Å². The van der Waals surface area contributed by atoms with Crippen LogP contribution >= 0.6 is 0 Å². The summed E-state index contributed by atoms with van der Waals surface area (Å²) in [4.78, 5) is 10.9. The molecule has 2 heteroatoms. The van der Waals surface area contributed by atoms with E-state index in [1.165, 1.54) is 0 Å². The van der Waals surface area contributed by atoms with E-state index in [1.807, 2.05) is 42.5 Å². The lowest BCUT2D eigenvalue weighted by Crippen LogP contribution is -1.89. The Morgan fingerprint density at radius 2 is 1.88 bits per heavy atom. The average molecular weight is 212 g/mol. The lowest BCUT2D eigenvalue weighted by Gasteiger charge is -2.06. The summed E-state index contributed by atoms with van der Waals surface area (Å²) in [5, 5.41) is 9.07. The molecule has 0 saturated carbocycles. The number of rotatable bonds is 3. The fraction of sp³-hybridized carbons (Fsp3) is 0.0714. The van der Waals surface area contributed by atoms with E-state index >= 15 is 0 Å². The highest BCUT2D eigenvalue weighted by Gasteiger charge is 2.03. The number of aliphatic hydroxyl groups is 1. The third-order valence-electron chi connectivity index (χ3n) is 2.51. The predicted molar refractivity (Wildman–Crippen MR) is 63.2 cm³/mol. The second kappa shape index (κ2) is 4.73. The fourth-order valence-corrected chi connectivity index (χ4v) is 1.70. The van der Waals surface area contributed by atoms with E-state index in [9.17, 15) is 4.79 Å². The van der Waals surface area contributed by atoms with Crippen LogP contribution in [0.1, 0.15) is 15.9 Å². The van der Waals surface area contributed by atoms with Crippen molar-refractivity contribution in [2.45, 2.75) is 6.61 Å². The van der Waals surface area contributed by atoms with E-state index in [1.54, 1.807) is 6.07 Å². The zero-order valence-electron chi connectivity index (χ0n) is 8.76. The zero-order chi connectivity index (χ0) is 11.4. The Bertz CT molecular complexity index is 504. The first-order valence-electron chi connectivity index (χ1n) is 5.09. The number of benzene rings is 2. The second-order valence-corrected chi connectivity index (χ2v) is 3.56. The van der Waals surface area contributed by atoms with Gasteiger partial charge in [-0.15, -0.1) is 0 Å². The van der Waals surface area contributed by atoms with Crippen molar-refractivity contribution in [2.24, 2.45) is 0 Å². The topological polar surface area (TPSA) is 37.3 Å². The Kier molecular flexibility index (Phi) is 3.13. The summed E-state index contributed by atoms with van der Waals surface area (Å²) < 4.78 is 0. The lowest BCUT2D eigenvalue weighted by atomic mass is 9.99. The first-order valence-corrected chi connectivity index (χ1v) is 5.09. The van der Waals surface area contributed by atoms with E-state index in [4.69, 9.17) is 5.11 Å². The van der Waals surface area contributed by atoms with Crippen molar-refractivity contribution >= 4 is 6.29 Å². The van der Waals surface area contributed by atoms with Crippen LogP contribution in [0.2, 0.25) is 0 Å². The standard InChI is InChI=1S/C14H12O2/c15-9-11-4-3-6-12(8-11)14-7-2-1-5-13(14)10-16/h1-8,10,15H,9H2. The molecule has 0 unspecified atom stereocenters. The number of aliphatic hydroxyl groups excluding tert-OH is 1. The Morgan fingerprint density at radius 3 is 2.62 bits per heavy atom. The van der Waals surface area contributed by atoms with Crippen molar-refractivity contribution in [1.29, 1.82) is 0 Å². The molecule has 0 aromatic heterocycles. The highest BCUT2D eigenvalue weighted by Crippen LogP contribution is 2.23. The molecule has 0 aliphatic rings. The van der Waals surface area contributed by atoms with Gasteiger partial charge in [-0.1, -0.05) is 42.5 Å². The van der Waals surface area contributed by atoms with E-state index in [0.717, 1.165) is 23.0 Å². The van der Waals surface area contributed by atoms with Crippen LogP contribution in [-0.4, -0.2) is 11.4 Å². The maximum absolute atomic E-state index is 10.9. The summed E-state index contributed by atoms with van der Waals surface area (Å²) >= 11 is 0. The van der Waals surface area contributed by atoms with Crippen LogP contribution in [0.4, 0.5) is 0 Å². The van der Waals surface area contributed by atoms with Gasteiger partial charge in [0.1, 0.15) is 0 Å². The molecular formula is C14H12O2. The van der Waals surface area contributed by atoms with Gasteiger partial charge in [-0.2, -0.15) is 0 Å². The van der Waals surface area contributed by atoms with Gasteiger partial charge in [0.15, 0.2) is 6.29 Å². The van der Waals surface area contributed by atoms with Crippen molar-refractivity contribution < 1.29 is 9.90 Å². The summed E-state index contributed by atoms with van der Waals surface area (Å²) in [7, 11) is 0. The normalized spacial score (nSPS) is 10.1. The van der Waals surface area contributed by atoms with Gasteiger partial charge < -0.3 is 5.11 Å². The van der Waals surface area contributed by atoms with Crippen LogP contribution in [0.25, 0.3) is 11.1 Å². The molecule has 0 radical (unpaired) electrons. The maximum Gasteiger partial charge on any atom is 0.150 e. The van der Waals surface area contributed by atoms with E-state index in [2.05, 4.69) is 0 Å². The summed E-state index contributed by atoms with van der Waals surface area (Å²) in [6, 6.07) is 15.0. The van der Waals surface area contributed by atoms with Crippen LogP contribution in [0.5, 0.6) is 0 Å². The molecule has 2 nitrogen and oxygen atoms in total. The van der Waals surface area contributed by atoms with Gasteiger partial charge >= 0.3 is 0 Å². The van der Waals surface area contributed by atoms with Gasteiger partial charge in [-0.3, -0.25) is 4.79 Å². The van der Waals surface area contributed by atoms with E-state index in [0.29, 0.717) is 5.56 Å². The Balaban J connectivity index is 2.53. The molecule has 0 saturated heterocycles. The Hall–Kier alpha value is -1.93.